The number of hydrazine groups is 1. The molecule has 0 radical (unpaired) electrons. The van der Waals surface area contributed by atoms with E-state index in [0.29, 0.717) is 24.2 Å². The molecule has 4 atom stereocenters. The Bertz CT molecular complexity index is 160. The monoisotopic (exact) mass is 153 g/mol. The van der Waals surface area contributed by atoms with Crippen LogP contribution >= 0.6 is 0 Å². The van der Waals surface area contributed by atoms with Gasteiger partial charge < -0.3 is 5.32 Å². The van der Waals surface area contributed by atoms with Gasteiger partial charge in [0.2, 0.25) is 0 Å². The van der Waals surface area contributed by atoms with Gasteiger partial charge >= 0.3 is 0 Å². The highest BCUT2D eigenvalue weighted by atomic mass is 15.5. The Morgan fingerprint density at radius 3 is 2.09 bits per heavy atom. The number of fused-ring (bicyclic) bond motifs is 6. The van der Waals surface area contributed by atoms with Crippen molar-refractivity contribution in [3.63, 3.8) is 0 Å². The van der Waals surface area contributed by atoms with Crippen LogP contribution in [0.25, 0.3) is 0 Å². The first-order valence-corrected chi connectivity index (χ1v) is 4.65. The van der Waals surface area contributed by atoms with Crippen LogP contribution in [0.3, 0.4) is 0 Å². The lowest BCUT2D eigenvalue weighted by molar-refractivity contribution is 0.113. The van der Waals surface area contributed by atoms with Gasteiger partial charge in [-0.05, 0) is 25.7 Å². The van der Waals surface area contributed by atoms with Gasteiger partial charge in [0.15, 0.2) is 0 Å². The first-order chi connectivity index (χ1) is 5.36. The van der Waals surface area contributed by atoms with E-state index in [-0.39, 0.29) is 0 Å². The minimum atomic E-state index is 0.652. The molecule has 3 aliphatic heterocycles. The molecule has 3 nitrogen and oxygen atoms in total. The number of nitrogens with zero attached hydrogens (tertiary/aromatic N) is 1. The summed E-state index contributed by atoms with van der Waals surface area (Å²) in [4.78, 5) is 0. The molecule has 0 saturated carbocycles. The lowest BCUT2D eigenvalue weighted by atomic mass is 10.0. The molecule has 3 aliphatic rings. The van der Waals surface area contributed by atoms with Gasteiger partial charge in [-0.3, -0.25) is 5.84 Å². The van der Waals surface area contributed by atoms with Crippen molar-refractivity contribution in [1.29, 1.82) is 0 Å². The summed E-state index contributed by atoms with van der Waals surface area (Å²) in [6.45, 7) is 0. The second-order valence-corrected chi connectivity index (χ2v) is 4.12. The Morgan fingerprint density at radius 1 is 1.00 bits per heavy atom. The Morgan fingerprint density at radius 2 is 1.55 bits per heavy atom. The van der Waals surface area contributed by atoms with Gasteiger partial charge in [0.05, 0.1) is 0 Å². The maximum atomic E-state index is 6.00. The Labute approximate surface area is 66.9 Å². The first-order valence-electron chi connectivity index (χ1n) is 4.65. The normalized spacial score (nSPS) is 55.4. The summed E-state index contributed by atoms with van der Waals surface area (Å²) in [6, 6.07) is 2.73. The fraction of sp³-hybridized carbons (Fsp3) is 1.00. The fourth-order valence-corrected chi connectivity index (χ4v) is 3.11. The highest BCUT2D eigenvalue weighted by molar-refractivity contribution is 5.07. The number of nitrogens with one attached hydrogen (secondary N) is 1. The molecular weight excluding hydrogens is 138 g/mol. The third kappa shape index (κ3) is 0.687. The lowest BCUT2D eigenvalue weighted by Gasteiger charge is -2.36. The van der Waals surface area contributed by atoms with E-state index < -0.39 is 0 Å². The average molecular weight is 153 g/mol. The predicted molar refractivity (Wildman–Crippen MR) is 42.8 cm³/mol. The van der Waals surface area contributed by atoms with E-state index in [0.717, 1.165) is 0 Å². The van der Waals surface area contributed by atoms with Crippen molar-refractivity contribution >= 4 is 0 Å². The zero-order valence-electron chi connectivity index (χ0n) is 6.66. The zero-order chi connectivity index (χ0) is 7.42. The van der Waals surface area contributed by atoms with Crippen LogP contribution in [0, 0.1) is 0 Å². The van der Waals surface area contributed by atoms with Crippen LogP contribution in [0.5, 0.6) is 0 Å². The van der Waals surface area contributed by atoms with Crippen molar-refractivity contribution in [2.24, 2.45) is 5.84 Å². The summed E-state index contributed by atoms with van der Waals surface area (Å²) in [7, 11) is 0. The van der Waals surface area contributed by atoms with Crippen LogP contribution < -0.4 is 11.2 Å². The van der Waals surface area contributed by atoms with E-state index in [1.165, 1.54) is 25.7 Å². The second kappa shape index (κ2) is 1.97. The van der Waals surface area contributed by atoms with E-state index in [9.17, 15) is 0 Å². The molecule has 0 aromatic heterocycles. The van der Waals surface area contributed by atoms with Crippen molar-refractivity contribution in [3.05, 3.63) is 0 Å². The Kier molecular flexibility index (Phi) is 1.15. The molecule has 3 heteroatoms. The highest BCUT2D eigenvalue weighted by Gasteiger charge is 2.49. The van der Waals surface area contributed by atoms with Gasteiger partial charge in [-0.2, -0.15) is 0 Å². The highest BCUT2D eigenvalue weighted by Crippen LogP contribution is 2.37. The van der Waals surface area contributed by atoms with Gasteiger partial charge in [0.1, 0.15) is 0 Å². The molecule has 3 heterocycles. The topological polar surface area (TPSA) is 41.3 Å². The SMILES string of the molecule is NN1C2CCC1C1CCC2N1. The third-order valence-corrected chi connectivity index (χ3v) is 3.67. The lowest BCUT2D eigenvalue weighted by Crippen LogP contribution is -2.60. The number of hydrogen-bond donors (Lipinski definition) is 2. The van der Waals surface area contributed by atoms with Crippen molar-refractivity contribution in [1.82, 2.24) is 10.3 Å². The predicted octanol–water partition coefficient (Wildman–Crippen LogP) is -0.173. The summed E-state index contributed by atoms with van der Waals surface area (Å²) in [6.07, 6.45) is 5.32. The second-order valence-electron chi connectivity index (χ2n) is 4.12. The minimum Gasteiger partial charge on any atom is -0.308 e. The summed E-state index contributed by atoms with van der Waals surface area (Å²) in [5, 5.41) is 5.78. The maximum Gasteiger partial charge on any atom is 0.0399 e. The summed E-state index contributed by atoms with van der Waals surface area (Å²) in [5.74, 6) is 6.00. The Hall–Kier alpha value is -0.120. The van der Waals surface area contributed by atoms with Crippen molar-refractivity contribution < 1.29 is 0 Å². The van der Waals surface area contributed by atoms with Crippen molar-refractivity contribution in [3.8, 4) is 0 Å². The van der Waals surface area contributed by atoms with Crippen LogP contribution in [0.15, 0.2) is 0 Å². The van der Waals surface area contributed by atoms with E-state index in [1.807, 2.05) is 0 Å². The molecule has 0 aliphatic carbocycles. The largest absolute Gasteiger partial charge is 0.308 e. The van der Waals surface area contributed by atoms with E-state index >= 15 is 0 Å². The molecule has 0 aromatic carbocycles. The van der Waals surface area contributed by atoms with Gasteiger partial charge in [0, 0.05) is 24.2 Å². The standard InChI is InChI=1S/C8H15N3/c9-11-7-3-4-8(11)6-2-1-5(7)10-6/h5-8,10H,1-4,9H2. The molecule has 3 fully saturated rings. The smallest absolute Gasteiger partial charge is 0.0399 e. The third-order valence-electron chi connectivity index (χ3n) is 3.67. The van der Waals surface area contributed by atoms with Crippen molar-refractivity contribution in [2.75, 3.05) is 0 Å². The molecule has 3 N–H and O–H groups in total. The molecule has 3 rings (SSSR count). The zero-order valence-corrected chi connectivity index (χ0v) is 6.66. The molecule has 4 unspecified atom stereocenters. The van der Waals surface area contributed by atoms with Gasteiger partial charge in [0.25, 0.3) is 0 Å². The minimum absolute atomic E-state index is 0.652. The number of rotatable bonds is 0. The first kappa shape index (κ1) is 6.40. The Balaban J connectivity index is 1.97. The molecule has 0 aromatic rings. The van der Waals surface area contributed by atoms with Crippen LogP contribution in [-0.4, -0.2) is 29.2 Å². The summed E-state index contributed by atoms with van der Waals surface area (Å²) in [5.41, 5.74) is 0. The van der Waals surface area contributed by atoms with Crippen LogP contribution in [0.1, 0.15) is 25.7 Å². The van der Waals surface area contributed by atoms with Gasteiger partial charge in [-0.25, -0.2) is 5.01 Å². The van der Waals surface area contributed by atoms with E-state index in [4.69, 9.17) is 5.84 Å². The van der Waals surface area contributed by atoms with Crippen LogP contribution in [0.4, 0.5) is 0 Å². The maximum absolute atomic E-state index is 6.00. The number of hydrogen-bond acceptors (Lipinski definition) is 3. The number of piperazine rings is 1. The van der Waals surface area contributed by atoms with Crippen LogP contribution in [0.2, 0.25) is 0 Å². The van der Waals surface area contributed by atoms with Gasteiger partial charge in [-0.15, -0.1) is 0 Å². The fourth-order valence-electron chi connectivity index (χ4n) is 3.11. The molecule has 3 saturated heterocycles. The summed E-state index contributed by atoms with van der Waals surface area (Å²) >= 11 is 0. The molecule has 62 valence electrons. The quantitative estimate of drug-likeness (QED) is 0.475. The average Bonchev–Trinajstić information content (AvgIpc) is 2.42. The number of nitrogens with two attached hydrogens (primary N) is 1. The molecule has 11 heavy (non-hydrogen) atoms. The molecule has 0 amide bonds. The van der Waals surface area contributed by atoms with Crippen molar-refractivity contribution in [2.45, 2.75) is 49.9 Å². The molecular formula is C8H15N3. The van der Waals surface area contributed by atoms with E-state index in [2.05, 4.69) is 10.3 Å². The van der Waals surface area contributed by atoms with Crippen LogP contribution in [-0.2, 0) is 0 Å². The summed E-state index contributed by atoms with van der Waals surface area (Å²) < 4.78 is 0. The molecule has 0 spiro atoms. The van der Waals surface area contributed by atoms with E-state index in [1.54, 1.807) is 0 Å². The van der Waals surface area contributed by atoms with Gasteiger partial charge in [-0.1, -0.05) is 0 Å². The molecule has 4 bridgehead atoms.